The van der Waals surface area contributed by atoms with Crippen LogP contribution in [0.25, 0.3) is 0 Å². The molecule has 1 N–H and O–H groups in total. The SMILES string of the molecule is Cn1ncc(Nc2ccc(O[Si](C)(C)C(C)(C)C)cc2)c1CCCCl. The Morgan fingerprint density at radius 2 is 1.84 bits per heavy atom. The minimum atomic E-state index is -1.80. The van der Waals surface area contributed by atoms with Gasteiger partial charge in [-0.25, -0.2) is 0 Å². The number of anilines is 2. The molecule has 0 aliphatic heterocycles. The Labute approximate surface area is 157 Å². The second kappa shape index (κ2) is 7.83. The van der Waals surface area contributed by atoms with Gasteiger partial charge in [0.2, 0.25) is 8.32 Å². The maximum atomic E-state index is 6.33. The minimum Gasteiger partial charge on any atom is -0.544 e. The van der Waals surface area contributed by atoms with E-state index < -0.39 is 8.32 Å². The highest BCUT2D eigenvalue weighted by atomic mass is 35.5. The second-order valence-electron chi connectivity index (χ2n) is 7.93. The molecule has 0 aliphatic rings. The lowest BCUT2D eigenvalue weighted by molar-refractivity contribution is 0.492. The van der Waals surface area contributed by atoms with Crippen LogP contribution in [0.1, 0.15) is 32.9 Å². The monoisotopic (exact) mass is 379 g/mol. The van der Waals surface area contributed by atoms with Crippen LogP contribution >= 0.6 is 11.6 Å². The topological polar surface area (TPSA) is 39.1 Å². The van der Waals surface area contributed by atoms with Crippen molar-refractivity contribution in [1.29, 1.82) is 0 Å². The van der Waals surface area contributed by atoms with Crippen LogP contribution in [0.2, 0.25) is 18.1 Å². The molecule has 0 fully saturated rings. The molecule has 0 aliphatic carbocycles. The van der Waals surface area contributed by atoms with Crippen LogP contribution in [0.5, 0.6) is 5.75 Å². The summed E-state index contributed by atoms with van der Waals surface area (Å²) < 4.78 is 8.24. The highest BCUT2D eigenvalue weighted by molar-refractivity contribution is 6.74. The third kappa shape index (κ3) is 5.01. The van der Waals surface area contributed by atoms with Crippen molar-refractivity contribution in [3.8, 4) is 5.75 Å². The van der Waals surface area contributed by atoms with Crippen molar-refractivity contribution >= 4 is 31.3 Å². The minimum absolute atomic E-state index is 0.191. The molecule has 1 aromatic carbocycles. The third-order valence-corrected chi connectivity index (χ3v) is 9.55. The standard InChI is InChI=1S/C19H30ClN3OSi/c1-19(2,3)25(5,6)24-16-11-9-15(10-12-16)22-17-14-21-23(4)18(17)8-7-13-20/h9-12,14,22H,7-8,13H2,1-6H3. The van der Waals surface area contributed by atoms with E-state index in [0.717, 1.165) is 30.0 Å². The Balaban J connectivity index is 2.09. The van der Waals surface area contributed by atoms with E-state index >= 15 is 0 Å². The first-order chi connectivity index (χ1) is 11.6. The number of rotatable bonds is 7. The normalized spacial score (nSPS) is 12.3. The zero-order chi connectivity index (χ0) is 18.7. The summed E-state index contributed by atoms with van der Waals surface area (Å²) in [6.07, 6.45) is 3.72. The fraction of sp³-hybridized carbons (Fsp3) is 0.526. The van der Waals surface area contributed by atoms with E-state index in [1.54, 1.807) is 0 Å². The Bertz CT molecular complexity index is 690. The number of halogens is 1. The van der Waals surface area contributed by atoms with E-state index in [1.807, 2.05) is 30.1 Å². The second-order valence-corrected chi connectivity index (χ2v) is 13.0. The fourth-order valence-electron chi connectivity index (χ4n) is 2.31. The molecule has 138 valence electrons. The molecule has 0 saturated heterocycles. The Hall–Kier alpha value is -1.46. The van der Waals surface area contributed by atoms with Crippen molar-refractivity contribution in [2.45, 2.75) is 51.7 Å². The summed E-state index contributed by atoms with van der Waals surface area (Å²) in [6.45, 7) is 11.3. The number of alkyl halides is 1. The summed E-state index contributed by atoms with van der Waals surface area (Å²) >= 11 is 5.82. The summed E-state index contributed by atoms with van der Waals surface area (Å²) in [5, 5.41) is 7.99. The van der Waals surface area contributed by atoms with Crippen molar-refractivity contribution in [3.63, 3.8) is 0 Å². The molecule has 0 atom stereocenters. The lowest BCUT2D eigenvalue weighted by atomic mass is 10.2. The van der Waals surface area contributed by atoms with E-state index in [9.17, 15) is 0 Å². The van der Waals surface area contributed by atoms with Gasteiger partial charge in [-0.05, 0) is 55.2 Å². The maximum Gasteiger partial charge on any atom is 0.250 e. The molecule has 1 aromatic heterocycles. The molecule has 25 heavy (non-hydrogen) atoms. The molecular weight excluding hydrogens is 350 g/mol. The lowest BCUT2D eigenvalue weighted by Crippen LogP contribution is -2.43. The zero-order valence-electron chi connectivity index (χ0n) is 16.2. The van der Waals surface area contributed by atoms with Crippen LogP contribution in [0, 0.1) is 0 Å². The van der Waals surface area contributed by atoms with Crippen molar-refractivity contribution in [1.82, 2.24) is 9.78 Å². The van der Waals surface area contributed by atoms with Crippen molar-refractivity contribution in [2.24, 2.45) is 7.05 Å². The average molecular weight is 380 g/mol. The highest BCUT2D eigenvalue weighted by Gasteiger charge is 2.38. The van der Waals surface area contributed by atoms with Gasteiger partial charge in [0.05, 0.1) is 17.6 Å². The highest BCUT2D eigenvalue weighted by Crippen LogP contribution is 2.37. The molecular formula is C19H30ClN3OSi. The Morgan fingerprint density at radius 3 is 2.40 bits per heavy atom. The molecule has 0 saturated carbocycles. The van der Waals surface area contributed by atoms with E-state index in [0.29, 0.717) is 5.88 Å². The molecule has 0 bridgehead atoms. The van der Waals surface area contributed by atoms with Crippen LogP contribution in [-0.4, -0.2) is 24.0 Å². The summed E-state index contributed by atoms with van der Waals surface area (Å²) in [7, 11) is 0.159. The van der Waals surface area contributed by atoms with Gasteiger partial charge in [-0.3, -0.25) is 4.68 Å². The molecule has 2 rings (SSSR count). The van der Waals surface area contributed by atoms with Crippen LogP contribution < -0.4 is 9.74 Å². The first-order valence-electron chi connectivity index (χ1n) is 8.77. The number of aryl methyl sites for hydroxylation is 1. The fourth-order valence-corrected chi connectivity index (χ4v) is 3.47. The number of hydrogen-bond donors (Lipinski definition) is 1. The summed E-state index contributed by atoms with van der Waals surface area (Å²) in [4.78, 5) is 0. The first-order valence-corrected chi connectivity index (χ1v) is 12.2. The summed E-state index contributed by atoms with van der Waals surface area (Å²) in [6, 6.07) is 8.19. The van der Waals surface area contributed by atoms with Gasteiger partial charge in [0, 0.05) is 18.6 Å². The van der Waals surface area contributed by atoms with Gasteiger partial charge in [-0.2, -0.15) is 5.10 Å². The molecule has 6 heteroatoms. The molecule has 0 radical (unpaired) electrons. The van der Waals surface area contributed by atoms with Crippen LogP contribution in [0.3, 0.4) is 0 Å². The Morgan fingerprint density at radius 1 is 1.20 bits per heavy atom. The van der Waals surface area contributed by atoms with Gasteiger partial charge in [-0.1, -0.05) is 20.8 Å². The van der Waals surface area contributed by atoms with Crippen LogP contribution in [0.15, 0.2) is 30.5 Å². The number of hydrogen-bond acceptors (Lipinski definition) is 3. The number of aromatic nitrogens is 2. The van der Waals surface area contributed by atoms with Crippen LogP contribution in [-0.2, 0) is 13.5 Å². The number of nitrogens with one attached hydrogen (secondary N) is 1. The van der Waals surface area contributed by atoms with E-state index in [2.05, 4.69) is 56.4 Å². The molecule has 2 aromatic rings. The molecule has 0 spiro atoms. The van der Waals surface area contributed by atoms with Crippen molar-refractivity contribution < 1.29 is 4.43 Å². The predicted molar refractivity (Wildman–Crippen MR) is 110 cm³/mol. The first kappa shape index (κ1) is 19.9. The molecule has 1 heterocycles. The molecule has 4 nitrogen and oxygen atoms in total. The number of benzene rings is 1. The molecule has 0 unspecified atom stereocenters. The third-order valence-electron chi connectivity index (χ3n) is 4.92. The summed E-state index contributed by atoms with van der Waals surface area (Å²) in [5.74, 6) is 1.59. The van der Waals surface area contributed by atoms with Gasteiger partial charge >= 0.3 is 0 Å². The smallest absolute Gasteiger partial charge is 0.250 e. The maximum absolute atomic E-state index is 6.33. The van der Waals surface area contributed by atoms with Gasteiger partial charge in [0.15, 0.2) is 0 Å². The molecule has 0 amide bonds. The predicted octanol–water partition coefficient (Wildman–Crippen LogP) is 5.72. The van der Waals surface area contributed by atoms with Crippen molar-refractivity contribution in [2.75, 3.05) is 11.2 Å². The quantitative estimate of drug-likeness (QED) is 0.494. The Kier molecular flexibility index (Phi) is 6.22. The number of nitrogens with zero attached hydrogens (tertiary/aromatic N) is 2. The van der Waals surface area contributed by atoms with Gasteiger partial charge in [0.1, 0.15) is 5.75 Å². The zero-order valence-corrected chi connectivity index (χ0v) is 17.9. The largest absolute Gasteiger partial charge is 0.544 e. The van der Waals surface area contributed by atoms with Gasteiger partial charge in [0.25, 0.3) is 0 Å². The van der Waals surface area contributed by atoms with Crippen LogP contribution in [0.4, 0.5) is 11.4 Å². The van der Waals surface area contributed by atoms with E-state index in [1.165, 1.54) is 5.69 Å². The summed E-state index contributed by atoms with van der Waals surface area (Å²) in [5.41, 5.74) is 3.23. The van der Waals surface area contributed by atoms with Crippen molar-refractivity contribution in [3.05, 3.63) is 36.2 Å². The average Bonchev–Trinajstić information content (AvgIpc) is 2.86. The van der Waals surface area contributed by atoms with Gasteiger partial charge < -0.3 is 9.74 Å². The van der Waals surface area contributed by atoms with Gasteiger partial charge in [-0.15, -0.1) is 11.6 Å². The lowest BCUT2D eigenvalue weighted by Gasteiger charge is -2.36. The van der Waals surface area contributed by atoms with E-state index in [4.69, 9.17) is 16.0 Å². The van der Waals surface area contributed by atoms with E-state index in [-0.39, 0.29) is 5.04 Å².